The second kappa shape index (κ2) is 9.58. The third kappa shape index (κ3) is 6.15. The minimum absolute atomic E-state index is 0.0221. The van der Waals surface area contributed by atoms with Crippen LogP contribution in [0.2, 0.25) is 0 Å². The summed E-state index contributed by atoms with van der Waals surface area (Å²) in [4.78, 5) is 25.7. The number of amides is 2. The van der Waals surface area contributed by atoms with E-state index in [4.69, 9.17) is 9.47 Å². The fourth-order valence-corrected chi connectivity index (χ4v) is 2.44. The lowest BCUT2D eigenvalue weighted by molar-refractivity contribution is -0.136. The Labute approximate surface area is 132 Å². The van der Waals surface area contributed by atoms with Crippen LogP contribution in [0, 0.1) is 0 Å². The van der Waals surface area contributed by atoms with Crippen LogP contribution in [0.3, 0.4) is 0 Å². The van der Waals surface area contributed by atoms with E-state index in [2.05, 4.69) is 5.32 Å². The van der Waals surface area contributed by atoms with Gasteiger partial charge in [0.25, 0.3) is 0 Å². The van der Waals surface area contributed by atoms with Crippen LogP contribution in [-0.4, -0.2) is 62.3 Å². The van der Waals surface area contributed by atoms with Crippen molar-refractivity contribution in [3.63, 3.8) is 0 Å². The van der Waals surface area contributed by atoms with Crippen LogP contribution in [0.5, 0.6) is 0 Å². The van der Waals surface area contributed by atoms with E-state index in [1.54, 1.807) is 19.1 Å². The van der Waals surface area contributed by atoms with Crippen LogP contribution in [0.4, 0.5) is 0 Å². The molecular weight excluding hydrogens is 284 g/mol. The molecule has 0 radical (unpaired) electrons. The van der Waals surface area contributed by atoms with Crippen molar-refractivity contribution in [2.45, 2.75) is 51.4 Å². The molecule has 0 fully saturated rings. The predicted octanol–water partition coefficient (Wildman–Crippen LogP) is 1.11. The second-order valence-electron chi connectivity index (χ2n) is 5.75. The topological polar surface area (TPSA) is 67.9 Å². The van der Waals surface area contributed by atoms with E-state index < -0.39 is 0 Å². The Morgan fingerprint density at radius 3 is 2.59 bits per heavy atom. The first kappa shape index (κ1) is 18.6. The number of methoxy groups -OCH3 is 2. The van der Waals surface area contributed by atoms with Gasteiger partial charge in [0.1, 0.15) is 12.2 Å². The highest BCUT2D eigenvalue weighted by atomic mass is 16.5. The van der Waals surface area contributed by atoms with E-state index in [0.29, 0.717) is 13.1 Å². The van der Waals surface area contributed by atoms with Crippen LogP contribution >= 0.6 is 0 Å². The van der Waals surface area contributed by atoms with Crippen molar-refractivity contribution >= 4 is 11.8 Å². The smallest absolute Gasteiger partial charge is 0.223 e. The summed E-state index contributed by atoms with van der Waals surface area (Å²) in [5, 5.41) is 2.79. The first-order valence-corrected chi connectivity index (χ1v) is 7.77. The molecule has 6 nitrogen and oxygen atoms in total. The molecule has 1 aliphatic rings. The summed E-state index contributed by atoms with van der Waals surface area (Å²) in [6.07, 6.45) is 4.84. The predicted molar refractivity (Wildman–Crippen MR) is 84.4 cm³/mol. The Morgan fingerprint density at radius 1 is 1.27 bits per heavy atom. The Bertz CT molecular complexity index is 396. The van der Waals surface area contributed by atoms with Gasteiger partial charge in [-0.3, -0.25) is 9.59 Å². The molecule has 126 valence electrons. The molecule has 1 heterocycles. The van der Waals surface area contributed by atoms with Gasteiger partial charge in [0.2, 0.25) is 11.8 Å². The normalized spacial score (nSPS) is 22.3. The van der Waals surface area contributed by atoms with Crippen LogP contribution < -0.4 is 5.32 Å². The molecule has 0 saturated carbocycles. The summed E-state index contributed by atoms with van der Waals surface area (Å²) in [6, 6.07) is 0.0924. The Kier molecular flexibility index (Phi) is 8.12. The second-order valence-corrected chi connectivity index (χ2v) is 5.75. The van der Waals surface area contributed by atoms with E-state index in [1.165, 1.54) is 0 Å². The summed E-state index contributed by atoms with van der Waals surface area (Å²) >= 11 is 0. The van der Waals surface area contributed by atoms with E-state index >= 15 is 0 Å². The fraction of sp³-hybridized carbons (Fsp3) is 0.750. The van der Waals surface area contributed by atoms with Gasteiger partial charge < -0.3 is 19.7 Å². The molecule has 1 rings (SSSR count). The van der Waals surface area contributed by atoms with Crippen molar-refractivity contribution in [2.75, 3.05) is 27.3 Å². The summed E-state index contributed by atoms with van der Waals surface area (Å²) < 4.78 is 10.8. The summed E-state index contributed by atoms with van der Waals surface area (Å²) in [5.74, 6) is -0.112. The zero-order valence-electron chi connectivity index (χ0n) is 14.0. The molecule has 2 atom stereocenters. The number of hydrogen-bond acceptors (Lipinski definition) is 4. The summed E-state index contributed by atoms with van der Waals surface area (Å²) in [7, 11) is 3.25. The van der Waals surface area contributed by atoms with Gasteiger partial charge in [0.15, 0.2) is 0 Å². The third-order valence-corrected chi connectivity index (χ3v) is 3.60. The molecule has 0 unspecified atom stereocenters. The van der Waals surface area contributed by atoms with Crippen molar-refractivity contribution in [1.29, 1.82) is 0 Å². The van der Waals surface area contributed by atoms with Gasteiger partial charge in [-0.1, -0.05) is 12.2 Å². The van der Waals surface area contributed by atoms with Gasteiger partial charge in [0, 0.05) is 46.2 Å². The van der Waals surface area contributed by atoms with E-state index in [0.717, 1.165) is 6.42 Å². The Hall–Kier alpha value is -1.40. The number of carbonyl (C=O) groups is 2. The Morgan fingerprint density at radius 2 is 2.00 bits per heavy atom. The maximum Gasteiger partial charge on any atom is 0.223 e. The molecule has 22 heavy (non-hydrogen) atoms. The van der Waals surface area contributed by atoms with Gasteiger partial charge in [0.05, 0.1) is 0 Å². The molecule has 0 bridgehead atoms. The number of nitrogens with one attached hydrogen (secondary N) is 1. The standard InChI is InChI=1S/C16H28N2O4/c1-12(2)17-15(19)8-9-16(20)18-10-6-5-7-13(21-3)14(11-18)22-4/h5,7,12-14H,6,8-11H2,1-4H3,(H,17,19)/t13-,14-/m0/s1. The van der Waals surface area contributed by atoms with Gasteiger partial charge in [-0.15, -0.1) is 0 Å². The van der Waals surface area contributed by atoms with Crippen molar-refractivity contribution < 1.29 is 19.1 Å². The van der Waals surface area contributed by atoms with E-state index in [1.807, 2.05) is 26.0 Å². The van der Waals surface area contributed by atoms with Crippen molar-refractivity contribution in [1.82, 2.24) is 10.2 Å². The van der Waals surface area contributed by atoms with Crippen LogP contribution in [0.1, 0.15) is 33.1 Å². The number of nitrogens with zero attached hydrogens (tertiary/aromatic N) is 1. The first-order chi connectivity index (χ1) is 10.5. The van der Waals surface area contributed by atoms with Crippen LogP contribution in [0.25, 0.3) is 0 Å². The molecule has 0 spiro atoms. The molecule has 2 amide bonds. The Balaban J connectivity index is 2.56. The minimum atomic E-state index is -0.199. The maximum absolute atomic E-state index is 12.3. The fourth-order valence-electron chi connectivity index (χ4n) is 2.44. The van der Waals surface area contributed by atoms with Crippen LogP contribution in [0.15, 0.2) is 12.2 Å². The monoisotopic (exact) mass is 312 g/mol. The highest BCUT2D eigenvalue weighted by Crippen LogP contribution is 2.13. The van der Waals surface area contributed by atoms with Crippen molar-refractivity contribution in [2.24, 2.45) is 0 Å². The minimum Gasteiger partial charge on any atom is -0.377 e. The average molecular weight is 312 g/mol. The number of hydrogen-bond donors (Lipinski definition) is 1. The summed E-state index contributed by atoms with van der Waals surface area (Å²) in [6.45, 7) is 4.91. The molecule has 1 aliphatic heterocycles. The van der Waals surface area contributed by atoms with Gasteiger partial charge in [-0.2, -0.15) is 0 Å². The van der Waals surface area contributed by atoms with E-state index in [9.17, 15) is 9.59 Å². The maximum atomic E-state index is 12.3. The quantitative estimate of drug-likeness (QED) is 0.746. The third-order valence-electron chi connectivity index (χ3n) is 3.60. The zero-order valence-corrected chi connectivity index (χ0v) is 14.0. The average Bonchev–Trinajstić information content (AvgIpc) is 2.44. The molecule has 0 saturated heterocycles. The van der Waals surface area contributed by atoms with Crippen molar-refractivity contribution in [3.05, 3.63) is 12.2 Å². The number of carbonyl (C=O) groups excluding carboxylic acids is 2. The highest BCUT2D eigenvalue weighted by molar-refractivity contribution is 5.83. The lowest BCUT2D eigenvalue weighted by Gasteiger charge is -2.31. The van der Waals surface area contributed by atoms with E-state index in [-0.39, 0.29) is 42.9 Å². The molecule has 0 aromatic carbocycles. The molecule has 0 aliphatic carbocycles. The van der Waals surface area contributed by atoms with Gasteiger partial charge in [-0.25, -0.2) is 0 Å². The van der Waals surface area contributed by atoms with Gasteiger partial charge in [-0.05, 0) is 20.3 Å². The molecule has 6 heteroatoms. The lowest BCUT2D eigenvalue weighted by atomic mass is 10.1. The zero-order chi connectivity index (χ0) is 16.5. The molecule has 0 aromatic rings. The first-order valence-electron chi connectivity index (χ1n) is 7.77. The number of ether oxygens (including phenoxy) is 2. The lowest BCUT2D eigenvalue weighted by Crippen LogP contribution is -2.45. The largest absolute Gasteiger partial charge is 0.377 e. The molecular formula is C16H28N2O4. The summed E-state index contributed by atoms with van der Waals surface area (Å²) in [5.41, 5.74) is 0. The highest BCUT2D eigenvalue weighted by Gasteiger charge is 2.25. The molecule has 1 N–H and O–H groups in total. The molecule has 0 aromatic heterocycles. The SMILES string of the molecule is CO[C@H]1C=CCCN(C(=O)CCC(=O)NC(C)C)C[C@@H]1OC. The van der Waals surface area contributed by atoms with Gasteiger partial charge >= 0.3 is 0 Å². The van der Waals surface area contributed by atoms with Crippen molar-refractivity contribution in [3.8, 4) is 0 Å². The number of rotatable bonds is 6. The van der Waals surface area contributed by atoms with Crippen LogP contribution in [-0.2, 0) is 19.1 Å².